The molecule has 2 heterocycles. The molecule has 0 radical (unpaired) electrons. The third-order valence-corrected chi connectivity index (χ3v) is 4.15. The number of piperazine rings is 1. The number of aromatic nitrogens is 1. The van der Waals surface area contributed by atoms with Gasteiger partial charge in [0.15, 0.2) is 0 Å². The van der Waals surface area contributed by atoms with E-state index in [1.807, 2.05) is 49.1 Å². The Balaban J connectivity index is 1.72. The van der Waals surface area contributed by atoms with Gasteiger partial charge in [-0.2, -0.15) is 0 Å². The highest BCUT2D eigenvalue weighted by molar-refractivity contribution is 6.06. The van der Waals surface area contributed by atoms with Crippen molar-refractivity contribution >= 4 is 16.8 Å². The molecule has 1 aliphatic heterocycles. The van der Waals surface area contributed by atoms with E-state index in [1.54, 1.807) is 6.20 Å². The number of rotatable bonds is 3. The molecule has 1 N–H and O–H groups in total. The Morgan fingerprint density at radius 2 is 1.91 bits per heavy atom. The first-order valence-corrected chi connectivity index (χ1v) is 8.02. The first-order valence-electron chi connectivity index (χ1n) is 8.02. The van der Waals surface area contributed by atoms with Gasteiger partial charge >= 0.3 is 0 Å². The van der Waals surface area contributed by atoms with E-state index in [4.69, 9.17) is 0 Å². The van der Waals surface area contributed by atoms with Gasteiger partial charge in [-0.3, -0.25) is 14.7 Å². The van der Waals surface area contributed by atoms with E-state index in [-0.39, 0.29) is 5.91 Å². The summed E-state index contributed by atoms with van der Waals surface area (Å²) in [6.45, 7) is 7.21. The molecule has 1 aromatic heterocycles. The lowest BCUT2D eigenvalue weighted by atomic mass is 10.1. The van der Waals surface area contributed by atoms with Gasteiger partial charge in [0.1, 0.15) is 0 Å². The van der Waals surface area contributed by atoms with Crippen molar-refractivity contribution in [1.29, 1.82) is 0 Å². The molecule has 1 saturated heterocycles. The minimum atomic E-state index is -0.701. The lowest BCUT2D eigenvalue weighted by molar-refractivity contribution is 0.0179. The number of carbonyl (C=O) groups is 1. The lowest BCUT2D eigenvalue weighted by Crippen LogP contribution is -2.52. The maximum Gasteiger partial charge on any atom is 0.254 e. The van der Waals surface area contributed by atoms with Gasteiger partial charge in [-0.05, 0) is 32.0 Å². The molecule has 5 nitrogen and oxygen atoms in total. The number of hydrogen-bond acceptors (Lipinski definition) is 4. The summed E-state index contributed by atoms with van der Waals surface area (Å²) in [4.78, 5) is 21.2. The number of pyridine rings is 1. The molecule has 0 bridgehead atoms. The number of aliphatic hydroxyl groups is 1. The molecular weight excluding hydrogens is 290 g/mol. The van der Waals surface area contributed by atoms with Crippen molar-refractivity contribution in [1.82, 2.24) is 14.8 Å². The van der Waals surface area contributed by atoms with Gasteiger partial charge in [0.2, 0.25) is 0 Å². The van der Waals surface area contributed by atoms with Crippen LogP contribution in [0.1, 0.15) is 24.2 Å². The second-order valence-electron chi connectivity index (χ2n) is 6.76. The fourth-order valence-electron chi connectivity index (χ4n) is 3.12. The van der Waals surface area contributed by atoms with Crippen LogP contribution >= 0.6 is 0 Å². The van der Waals surface area contributed by atoms with E-state index in [9.17, 15) is 9.90 Å². The Labute approximate surface area is 136 Å². The van der Waals surface area contributed by atoms with Gasteiger partial charge in [-0.1, -0.05) is 12.1 Å². The summed E-state index contributed by atoms with van der Waals surface area (Å²) in [6, 6.07) is 9.48. The first kappa shape index (κ1) is 15.9. The average Bonchev–Trinajstić information content (AvgIpc) is 2.53. The van der Waals surface area contributed by atoms with Crippen molar-refractivity contribution in [2.75, 3.05) is 32.7 Å². The zero-order chi connectivity index (χ0) is 16.4. The summed E-state index contributed by atoms with van der Waals surface area (Å²) in [5.41, 5.74) is 0.860. The minimum absolute atomic E-state index is 0.0616. The van der Waals surface area contributed by atoms with Crippen molar-refractivity contribution in [3.8, 4) is 0 Å². The van der Waals surface area contributed by atoms with Crippen LogP contribution in [0.2, 0.25) is 0 Å². The maximum absolute atomic E-state index is 12.8. The standard InChI is InChI=1S/C18H23N3O2/c1-18(2,23)13-20-9-11-21(12-10-20)17(22)15-5-3-7-16-14(15)6-4-8-19-16/h3-8,23H,9-13H2,1-2H3. The van der Waals surface area contributed by atoms with E-state index < -0.39 is 5.60 Å². The second-order valence-corrected chi connectivity index (χ2v) is 6.76. The minimum Gasteiger partial charge on any atom is -0.389 e. The quantitative estimate of drug-likeness (QED) is 0.938. The van der Waals surface area contributed by atoms with Crippen LogP contribution in [0.25, 0.3) is 10.9 Å². The van der Waals surface area contributed by atoms with Crippen LogP contribution in [0.5, 0.6) is 0 Å². The third kappa shape index (κ3) is 3.68. The van der Waals surface area contributed by atoms with E-state index in [0.717, 1.165) is 24.0 Å². The van der Waals surface area contributed by atoms with E-state index >= 15 is 0 Å². The van der Waals surface area contributed by atoms with E-state index in [2.05, 4.69) is 9.88 Å². The first-order chi connectivity index (χ1) is 10.9. The van der Waals surface area contributed by atoms with Gasteiger partial charge in [-0.15, -0.1) is 0 Å². The number of benzene rings is 1. The predicted octanol–water partition coefficient (Wildman–Crippen LogP) is 1.76. The molecule has 122 valence electrons. The Morgan fingerprint density at radius 1 is 1.17 bits per heavy atom. The topological polar surface area (TPSA) is 56.7 Å². The number of fused-ring (bicyclic) bond motifs is 1. The van der Waals surface area contributed by atoms with Crippen molar-refractivity contribution in [3.05, 3.63) is 42.1 Å². The molecule has 1 amide bonds. The van der Waals surface area contributed by atoms with Crippen molar-refractivity contribution < 1.29 is 9.90 Å². The van der Waals surface area contributed by atoms with E-state index in [1.165, 1.54) is 0 Å². The average molecular weight is 313 g/mol. The van der Waals surface area contributed by atoms with Gasteiger partial charge in [0.25, 0.3) is 5.91 Å². The van der Waals surface area contributed by atoms with Crippen LogP contribution < -0.4 is 0 Å². The van der Waals surface area contributed by atoms with Crippen molar-refractivity contribution in [2.45, 2.75) is 19.4 Å². The molecule has 0 aliphatic carbocycles. The second kappa shape index (κ2) is 6.26. The van der Waals surface area contributed by atoms with E-state index in [0.29, 0.717) is 25.2 Å². The summed E-state index contributed by atoms with van der Waals surface area (Å²) < 4.78 is 0. The molecule has 1 aromatic carbocycles. The van der Waals surface area contributed by atoms with Crippen molar-refractivity contribution in [3.63, 3.8) is 0 Å². The predicted molar refractivity (Wildman–Crippen MR) is 90.4 cm³/mol. The summed E-state index contributed by atoms with van der Waals surface area (Å²) in [7, 11) is 0. The molecule has 0 atom stereocenters. The highest BCUT2D eigenvalue weighted by Crippen LogP contribution is 2.19. The lowest BCUT2D eigenvalue weighted by Gasteiger charge is -2.37. The van der Waals surface area contributed by atoms with Crippen LogP contribution in [0.15, 0.2) is 36.5 Å². The molecule has 5 heteroatoms. The van der Waals surface area contributed by atoms with Crippen LogP contribution in [-0.2, 0) is 0 Å². The fourth-order valence-corrected chi connectivity index (χ4v) is 3.12. The molecular formula is C18H23N3O2. The van der Waals surface area contributed by atoms with Crippen LogP contribution in [0, 0.1) is 0 Å². The molecule has 1 fully saturated rings. The monoisotopic (exact) mass is 313 g/mol. The van der Waals surface area contributed by atoms with Crippen LogP contribution in [0.3, 0.4) is 0 Å². The van der Waals surface area contributed by atoms with Gasteiger partial charge in [-0.25, -0.2) is 0 Å². The van der Waals surface area contributed by atoms with Crippen LogP contribution in [-0.4, -0.2) is 64.1 Å². The number of carbonyl (C=O) groups excluding carboxylic acids is 1. The molecule has 0 unspecified atom stereocenters. The summed E-state index contributed by atoms with van der Waals surface area (Å²) >= 11 is 0. The fraction of sp³-hybridized carbons (Fsp3) is 0.444. The normalized spacial score (nSPS) is 16.7. The Kier molecular flexibility index (Phi) is 4.33. The highest BCUT2D eigenvalue weighted by Gasteiger charge is 2.26. The van der Waals surface area contributed by atoms with Gasteiger partial charge in [0, 0.05) is 49.9 Å². The van der Waals surface area contributed by atoms with Crippen LogP contribution in [0.4, 0.5) is 0 Å². The molecule has 23 heavy (non-hydrogen) atoms. The number of amides is 1. The number of nitrogens with zero attached hydrogens (tertiary/aromatic N) is 3. The molecule has 3 rings (SSSR count). The molecule has 0 saturated carbocycles. The maximum atomic E-state index is 12.8. The smallest absolute Gasteiger partial charge is 0.254 e. The molecule has 0 spiro atoms. The molecule has 1 aliphatic rings. The third-order valence-electron chi connectivity index (χ3n) is 4.15. The highest BCUT2D eigenvalue weighted by atomic mass is 16.3. The Bertz CT molecular complexity index is 695. The zero-order valence-corrected chi connectivity index (χ0v) is 13.7. The number of hydrogen-bond donors (Lipinski definition) is 1. The Hall–Kier alpha value is -1.98. The Morgan fingerprint density at radius 3 is 2.61 bits per heavy atom. The summed E-state index contributed by atoms with van der Waals surface area (Å²) in [5, 5.41) is 10.8. The van der Waals surface area contributed by atoms with Gasteiger partial charge < -0.3 is 10.0 Å². The molecule has 2 aromatic rings. The summed E-state index contributed by atoms with van der Waals surface area (Å²) in [6.07, 6.45) is 1.74. The van der Waals surface area contributed by atoms with Crippen molar-refractivity contribution in [2.24, 2.45) is 0 Å². The largest absolute Gasteiger partial charge is 0.389 e. The number of β-amino-alcohol motifs (C(OH)–C–C–N with tert-alkyl or cyclic N) is 1. The summed E-state index contributed by atoms with van der Waals surface area (Å²) in [5.74, 6) is 0.0616. The van der Waals surface area contributed by atoms with Gasteiger partial charge in [0.05, 0.1) is 11.1 Å². The zero-order valence-electron chi connectivity index (χ0n) is 13.7. The SMILES string of the molecule is CC(C)(O)CN1CCN(C(=O)c2cccc3ncccc23)CC1.